The highest BCUT2D eigenvalue weighted by molar-refractivity contribution is 7.72. The van der Waals surface area contributed by atoms with Crippen LogP contribution in [0.15, 0.2) is 45.6 Å². The first-order valence-electron chi connectivity index (χ1n) is 5.41. The van der Waals surface area contributed by atoms with Crippen molar-refractivity contribution >= 4 is 18.9 Å². The number of rotatable bonds is 3. The fraction of sp³-hybridized carbons (Fsp3) is 0.385. The quantitative estimate of drug-likeness (QED) is 0.764. The monoisotopic (exact) mass is 236 g/mol. The van der Waals surface area contributed by atoms with Crippen molar-refractivity contribution in [3.8, 4) is 0 Å². The lowest BCUT2D eigenvalue weighted by Crippen LogP contribution is -2.19. The lowest BCUT2D eigenvalue weighted by molar-refractivity contribution is 0.476. The summed E-state index contributed by atoms with van der Waals surface area (Å²) in [5.74, 6) is 0. The Morgan fingerprint density at radius 2 is 1.50 bits per heavy atom. The first-order valence-corrected chi connectivity index (χ1v) is 6.93. The van der Waals surface area contributed by atoms with Crippen LogP contribution in [0.3, 0.4) is 0 Å². The summed E-state index contributed by atoms with van der Waals surface area (Å²) in [6.45, 7) is 6.73. The molecule has 0 aliphatic heterocycles. The molecule has 2 aromatic rings. The second-order valence-electron chi connectivity index (χ2n) is 5.05. The summed E-state index contributed by atoms with van der Waals surface area (Å²) in [5, 5.41) is 0. The van der Waals surface area contributed by atoms with E-state index < -0.39 is 7.92 Å². The highest BCUT2D eigenvalue weighted by atomic mass is 31.1. The fourth-order valence-corrected chi connectivity index (χ4v) is 3.97. The predicted molar refractivity (Wildman–Crippen MR) is 67.9 cm³/mol. The number of hydrogen-bond donors (Lipinski definition) is 0. The predicted octanol–water partition coefficient (Wildman–Crippen LogP) is 3.35. The summed E-state index contributed by atoms with van der Waals surface area (Å²) in [4.78, 5) is 0. The smallest absolute Gasteiger partial charge is 0.133 e. The third kappa shape index (κ3) is 2.76. The van der Waals surface area contributed by atoms with E-state index in [1.807, 2.05) is 24.3 Å². The van der Waals surface area contributed by atoms with Crippen molar-refractivity contribution in [1.82, 2.24) is 0 Å². The van der Waals surface area contributed by atoms with Crippen molar-refractivity contribution in [1.29, 1.82) is 0 Å². The molecule has 0 atom stereocenters. The third-order valence-corrected chi connectivity index (χ3v) is 5.01. The molecule has 16 heavy (non-hydrogen) atoms. The fourth-order valence-electron chi connectivity index (χ4n) is 1.59. The van der Waals surface area contributed by atoms with E-state index in [0.717, 1.165) is 17.2 Å². The highest BCUT2D eigenvalue weighted by Crippen LogP contribution is 2.40. The van der Waals surface area contributed by atoms with Gasteiger partial charge in [0, 0.05) is 7.92 Å². The Balaban J connectivity index is 2.28. The average molecular weight is 236 g/mol. The maximum Gasteiger partial charge on any atom is 0.133 e. The van der Waals surface area contributed by atoms with Crippen molar-refractivity contribution < 1.29 is 8.83 Å². The molecule has 86 valence electrons. The minimum absolute atomic E-state index is 0.269. The normalized spacial score (nSPS) is 12.2. The van der Waals surface area contributed by atoms with E-state index in [1.165, 1.54) is 0 Å². The van der Waals surface area contributed by atoms with E-state index in [4.69, 9.17) is 8.83 Å². The summed E-state index contributed by atoms with van der Waals surface area (Å²) < 4.78 is 11.1. The first kappa shape index (κ1) is 11.5. The zero-order valence-electron chi connectivity index (χ0n) is 9.93. The van der Waals surface area contributed by atoms with E-state index in [1.54, 1.807) is 12.5 Å². The van der Waals surface area contributed by atoms with Gasteiger partial charge in [-0.1, -0.05) is 20.8 Å². The molecule has 2 rings (SSSR count). The largest absolute Gasteiger partial charge is 0.464 e. The van der Waals surface area contributed by atoms with E-state index in [-0.39, 0.29) is 5.41 Å². The average Bonchev–Trinajstić information content (AvgIpc) is 2.86. The molecule has 0 aliphatic carbocycles. The van der Waals surface area contributed by atoms with Gasteiger partial charge in [-0.15, -0.1) is 0 Å². The van der Waals surface area contributed by atoms with E-state index >= 15 is 0 Å². The molecule has 0 N–H and O–H groups in total. The molecule has 2 nitrogen and oxygen atoms in total. The molecule has 0 fully saturated rings. The van der Waals surface area contributed by atoms with Crippen LogP contribution in [0.4, 0.5) is 0 Å². The molecular formula is C13H17O2P. The van der Waals surface area contributed by atoms with Gasteiger partial charge in [-0.05, 0) is 35.8 Å². The van der Waals surface area contributed by atoms with Gasteiger partial charge in [-0.25, -0.2) is 0 Å². The van der Waals surface area contributed by atoms with Crippen molar-refractivity contribution in [3.05, 3.63) is 36.8 Å². The molecule has 0 aromatic carbocycles. The van der Waals surface area contributed by atoms with Gasteiger partial charge in [0.1, 0.15) is 11.0 Å². The Morgan fingerprint density at radius 1 is 1.00 bits per heavy atom. The molecule has 2 aromatic heterocycles. The molecule has 0 spiro atoms. The van der Waals surface area contributed by atoms with E-state index in [2.05, 4.69) is 20.8 Å². The summed E-state index contributed by atoms with van der Waals surface area (Å²) in [7, 11) is -0.498. The van der Waals surface area contributed by atoms with Gasteiger partial charge >= 0.3 is 0 Å². The molecule has 0 bridgehead atoms. The van der Waals surface area contributed by atoms with Crippen LogP contribution in [-0.4, -0.2) is 6.16 Å². The third-order valence-electron chi connectivity index (χ3n) is 2.18. The molecule has 0 amide bonds. The van der Waals surface area contributed by atoms with Gasteiger partial charge < -0.3 is 8.83 Å². The Kier molecular flexibility index (Phi) is 3.20. The SMILES string of the molecule is CC(C)(C)CP(c1ccco1)c1ccco1. The molecule has 0 saturated carbocycles. The Morgan fingerprint density at radius 3 is 1.81 bits per heavy atom. The zero-order valence-corrected chi connectivity index (χ0v) is 10.8. The van der Waals surface area contributed by atoms with Crippen LogP contribution in [-0.2, 0) is 0 Å². The Bertz CT molecular complexity index is 375. The van der Waals surface area contributed by atoms with Crippen LogP contribution >= 0.6 is 7.92 Å². The second kappa shape index (κ2) is 4.47. The maximum atomic E-state index is 5.53. The lowest BCUT2D eigenvalue weighted by atomic mass is 10.0. The van der Waals surface area contributed by atoms with Crippen molar-refractivity contribution in [2.75, 3.05) is 6.16 Å². The Hall–Kier alpha value is -1.01. The second-order valence-corrected chi connectivity index (χ2v) is 7.10. The molecule has 0 unspecified atom stereocenters. The van der Waals surface area contributed by atoms with Crippen LogP contribution in [0.25, 0.3) is 0 Å². The molecule has 2 heterocycles. The lowest BCUT2D eigenvalue weighted by Gasteiger charge is -2.23. The van der Waals surface area contributed by atoms with Crippen LogP contribution in [0, 0.1) is 5.41 Å². The van der Waals surface area contributed by atoms with E-state index in [9.17, 15) is 0 Å². The van der Waals surface area contributed by atoms with Crippen LogP contribution in [0.2, 0.25) is 0 Å². The van der Waals surface area contributed by atoms with Crippen molar-refractivity contribution in [3.63, 3.8) is 0 Å². The molecule has 0 saturated heterocycles. The molecule has 3 heteroatoms. The summed E-state index contributed by atoms with van der Waals surface area (Å²) >= 11 is 0. The van der Waals surface area contributed by atoms with Gasteiger partial charge in [-0.2, -0.15) is 0 Å². The highest BCUT2D eigenvalue weighted by Gasteiger charge is 2.25. The summed E-state index contributed by atoms with van der Waals surface area (Å²) in [6.07, 6.45) is 4.54. The first-order chi connectivity index (χ1) is 7.56. The molecular weight excluding hydrogens is 219 g/mol. The van der Waals surface area contributed by atoms with Gasteiger partial charge in [0.05, 0.1) is 12.5 Å². The maximum absolute atomic E-state index is 5.53. The topological polar surface area (TPSA) is 26.3 Å². The summed E-state index contributed by atoms with van der Waals surface area (Å²) in [6, 6.07) is 7.96. The standard InChI is InChI=1S/C13H17O2P/c1-13(2,3)10-16(11-6-4-8-14-11)12-7-5-9-15-12/h4-9H,10H2,1-3H3. The van der Waals surface area contributed by atoms with Crippen LogP contribution in [0.5, 0.6) is 0 Å². The van der Waals surface area contributed by atoms with E-state index in [0.29, 0.717) is 0 Å². The summed E-state index contributed by atoms with van der Waals surface area (Å²) in [5.41, 5.74) is 2.35. The zero-order chi connectivity index (χ0) is 11.6. The number of furan rings is 2. The van der Waals surface area contributed by atoms with Crippen molar-refractivity contribution in [2.45, 2.75) is 20.8 Å². The van der Waals surface area contributed by atoms with Gasteiger partial charge in [0.15, 0.2) is 0 Å². The molecule has 0 aliphatic rings. The van der Waals surface area contributed by atoms with Crippen LogP contribution in [0.1, 0.15) is 20.8 Å². The Labute approximate surface area is 97.4 Å². The minimum Gasteiger partial charge on any atom is -0.464 e. The van der Waals surface area contributed by atoms with Gasteiger partial charge in [-0.3, -0.25) is 0 Å². The van der Waals surface area contributed by atoms with Gasteiger partial charge in [0.25, 0.3) is 0 Å². The van der Waals surface area contributed by atoms with Gasteiger partial charge in [0.2, 0.25) is 0 Å². The minimum atomic E-state index is -0.498. The molecule has 0 radical (unpaired) electrons. The number of hydrogen-bond acceptors (Lipinski definition) is 2. The van der Waals surface area contributed by atoms with Crippen molar-refractivity contribution in [2.24, 2.45) is 5.41 Å². The van der Waals surface area contributed by atoms with Crippen LogP contribution < -0.4 is 11.0 Å².